The molecule has 1 aromatic rings. The van der Waals surface area contributed by atoms with Crippen LogP contribution in [0.15, 0.2) is 6.07 Å². The molecule has 2 heterocycles. The van der Waals surface area contributed by atoms with E-state index in [9.17, 15) is 9.59 Å². The maximum atomic E-state index is 12.1. The molecule has 0 unspecified atom stereocenters. The van der Waals surface area contributed by atoms with E-state index in [1.165, 1.54) is 11.3 Å². The Kier molecular flexibility index (Phi) is 5.14. The summed E-state index contributed by atoms with van der Waals surface area (Å²) in [6, 6.07) is 1.81. The van der Waals surface area contributed by atoms with Crippen LogP contribution in [0.1, 0.15) is 35.0 Å². The van der Waals surface area contributed by atoms with Crippen LogP contribution in [-0.4, -0.2) is 31.7 Å². The second-order valence-electron chi connectivity index (χ2n) is 4.72. The molecular formula is C14H19NO4S. The topological polar surface area (TPSA) is 64.6 Å². The van der Waals surface area contributed by atoms with Crippen molar-refractivity contribution in [2.75, 3.05) is 25.1 Å². The number of thiophene rings is 1. The Bertz CT molecular complexity index is 491. The number of hydrogen-bond donors (Lipinski definition) is 1. The summed E-state index contributed by atoms with van der Waals surface area (Å²) < 4.78 is 10.2. The molecular weight excluding hydrogens is 278 g/mol. The monoisotopic (exact) mass is 297 g/mol. The van der Waals surface area contributed by atoms with Gasteiger partial charge in [-0.1, -0.05) is 0 Å². The molecule has 0 atom stereocenters. The Morgan fingerprint density at radius 3 is 2.80 bits per heavy atom. The molecule has 20 heavy (non-hydrogen) atoms. The zero-order valence-electron chi connectivity index (χ0n) is 11.7. The number of amides is 1. The van der Waals surface area contributed by atoms with Crippen molar-refractivity contribution in [2.24, 2.45) is 5.92 Å². The molecule has 0 radical (unpaired) electrons. The standard InChI is InChI=1S/C14H19NO4S/c1-3-19-14(17)12-9(2)8-11(20-12)15-13(16)10-4-6-18-7-5-10/h8,10H,3-7H2,1-2H3,(H,15,16). The first-order valence-electron chi connectivity index (χ1n) is 6.78. The van der Waals surface area contributed by atoms with E-state index < -0.39 is 0 Å². The van der Waals surface area contributed by atoms with E-state index in [1.54, 1.807) is 6.92 Å². The minimum absolute atomic E-state index is 0.00259. The number of nitrogens with one attached hydrogen (secondary N) is 1. The number of rotatable bonds is 4. The summed E-state index contributed by atoms with van der Waals surface area (Å²) in [6.07, 6.45) is 1.50. The third-order valence-corrected chi connectivity index (χ3v) is 4.35. The second kappa shape index (κ2) is 6.85. The molecule has 1 aliphatic heterocycles. The summed E-state index contributed by atoms with van der Waals surface area (Å²) >= 11 is 1.26. The zero-order valence-corrected chi connectivity index (χ0v) is 12.5. The summed E-state index contributed by atoms with van der Waals surface area (Å²) in [7, 11) is 0. The molecule has 1 fully saturated rings. The molecule has 0 aromatic carbocycles. The third-order valence-electron chi connectivity index (χ3n) is 3.22. The molecule has 0 spiro atoms. The van der Waals surface area contributed by atoms with Gasteiger partial charge in [-0.05, 0) is 38.3 Å². The molecule has 1 amide bonds. The number of carbonyl (C=O) groups excluding carboxylic acids is 2. The van der Waals surface area contributed by atoms with Crippen molar-refractivity contribution < 1.29 is 19.1 Å². The first-order chi connectivity index (χ1) is 9.61. The van der Waals surface area contributed by atoms with E-state index in [2.05, 4.69) is 5.32 Å². The molecule has 0 saturated carbocycles. The fourth-order valence-corrected chi connectivity index (χ4v) is 3.10. The van der Waals surface area contributed by atoms with Crippen molar-refractivity contribution in [3.63, 3.8) is 0 Å². The van der Waals surface area contributed by atoms with Crippen LogP contribution in [0.5, 0.6) is 0 Å². The van der Waals surface area contributed by atoms with Crippen LogP contribution in [0.25, 0.3) is 0 Å². The zero-order chi connectivity index (χ0) is 14.5. The van der Waals surface area contributed by atoms with Gasteiger partial charge >= 0.3 is 5.97 Å². The summed E-state index contributed by atoms with van der Waals surface area (Å²) in [5, 5.41) is 3.58. The van der Waals surface area contributed by atoms with Crippen LogP contribution in [0.2, 0.25) is 0 Å². The Labute approximate surface area is 122 Å². The van der Waals surface area contributed by atoms with Gasteiger partial charge in [-0.3, -0.25) is 4.79 Å². The van der Waals surface area contributed by atoms with Gasteiger partial charge < -0.3 is 14.8 Å². The number of esters is 1. The average Bonchev–Trinajstić information content (AvgIpc) is 2.81. The predicted octanol–water partition coefficient (Wildman–Crippen LogP) is 2.60. The van der Waals surface area contributed by atoms with Gasteiger partial charge in [0.05, 0.1) is 11.6 Å². The predicted molar refractivity (Wildman–Crippen MR) is 77.2 cm³/mol. The molecule has 1 saturated heterocycles. The van der Waals surface area contributed by atoms with Gasteiger partial charge in [-0.15, -0.1) is 11.3 Å². The van der Waals surface area contributed by atoms with Crippen molar-refractivity contribution in [2.45, 2.75) is 26.7 Å². The van der Waals surface area contributed by atoms with Crippen molar-refractivity contribution in [1.29, 1.82) is 0 Å². The van der Waals surface area contributed by atoms with Crippen LogP contribution in [-0.2, 0) is 14.3 Å². The number of anilines is 1. The summed E-state index contributed by atoms with van der Waals surface area (Å²) in [5.41, 5.74) is 0.829. The van der Waals surface area contributed by atoms with Gasteiger partial charge in [0.1, 0.15) is 4.88 Å². The largest absolute Gasteiger partial charge is 0.462 e. The lowest BCUT2D eigenvalue weighted by atomic mass is 10.00. The number of hydrogen-bond acceptors (Lipinski definition) is 5. The minimum Gasteiger partial charge on any atom is -0.462 e. The molecule has 2 rings (SSSR count). The van der Waals surface area contributed by atoms with Gasteiger partial charge in [0.15, 0.2) is 0 Å². The molecule has 1 aliphatic rings. The minimum atomic E-state index is -0.332. The molecule has 0 bridgehead atoms. The van der Waals surface area contributed by atoms with Crippen molar-refractivity contribution in [3.05, 3.63) is 16.5 Å². The Morgan fingerprint density at radius 2 is 2.15 bits per heavy atom. The molecule has 110 valence electrons. The molecule has 6 heteroatoms. The van der Waals surface area contributed by atoms with Crippen LogP contribution in [0.4, 0.5) is 5.00 Å². The van der Waals surface area contributed by atoms with Gasteiger partial charge in [-0.2, -0.15) is 0 Å². The van der Waals surface area contributed by atoms with Crippen molar-refractivity contribution in [3.8, 4) is 0 Å². The summed E-state index contributed by atoms with van der Waals surface area (Å²) in [4.78, 5) is 24.4. The average molecular weight is 297 g/mol. The van der Waals surface area contributed by atoms with Crippen LogP contribution < -0.4 is 5.32 Å². The number of ether oxygens (including phenoxy) is 2. The van der Waals surface area contributed by atoms with Crippen LogP contribution >= 0.6 is 11.3 Å². The van der Waals surface area contributed by atoms with Gasteiger partial charge in [-0.25, -0.2) is 4.79 Å². The lowest BCUT2D eigenvalue weighted by Crippen LogP contribution is -2.28. The highest BCUT2D eigenvalue weighted by molar-refractivity contribution is 7.18. The lowest BCUT2D eigenvalue weighted by molar-refractivity contribution is -0.122. The maximum Gasteiger partial charge on any atom is 0.348 e. The van der Waals surface area contributed by atoms with Gasteiger partial charge in [0.25, 0.3) is 0 Å². The highest BCUT2D eigenvalue weighted by Gasteiger charge is 2.23. The van der Waals surface area contributed by atoms with Crippen LogP contribution in [0.3, 0.4) is 0 Å². The Balaban J connectivity index is 2.01. The van der Waals surface area contributed by atoms with Gasteiger partial charge in [0.2, 0.25) is 5.91 Å². The van der Waals surface area contributed by atoms with E-state index in [0.717, 1.165) is 18.4 Å². The summed E-state index contributed by atoms with van der Waals surface area (Å²) in [6.45, 7) is 5.23. The van der Waals surface area contributed by atoms with Crippen molar-refractivity contribution >= 4 is 28.2 Å². The van der Waals surface area contributed by atoms with Gasteiger partial charge in [0, 0.05) is 19.1 Å². The number of aryl methyl sites for hydroxylation is 1. The Hall–Kier alpha value is -1.40. The van der Waals surface area contributed by atoms with Crippen LogP contribution in [0, 0.1) is 12.8 Å². The SMILES string of the molecule is CCOC(=O)c1sc(NC(=O)C2CCOCC2)cc1C. The summed E-state index contributed by atoms with van der Waals surface area (Å²) in [5.74, 6) is -0.330. The van der Waals surface area contributed by atoms with E-state index in [1.807, 2.05) is 13.0 Å². The fraction of sp³-hybridized carbons (Fsp3) is 0.571. The third kappa shape index (κ3) is 3.58. The lowest BCUT2D eigenvalue weighted by Gasteiger charge is -2.20. The highest BCUT2D eigenvalue weighted by atomic mass is 32.1. The number of carbonyl (C=O) groups is 2. The fourth-order valence-electron chi connectivity index (χ4n) is 2.13. The smallest absolute Gasteiger partial charge is 0.348 e. The quantitative estimate of drug-likeness (QED) is 0.868. The van der Waals surface area contributed by atoms with E-state index in [-0.39, 0.29) is 17.8 Å². The van der Waals surface area contributed by atoms with E-state index >= 15 is 0 Å². The first kappa shape index (κ1) is 15.0. The first-order valence-corrected chi connectivity index (χ1v) is 7.59. The van der Waals surface area contributed by atoms with Crippen molar-refractivity contribution in [1.82, 2.24) is 0 Å². The molecule has 1 N–H and O–H groups in total. The Morgan fingerprint density at radius 1 is 1.45 bits per heavy atom. The molecule has 1 aromatic heterocycles. The molecule has 5 nitrogen and oxygen atoms in total. The molecule has 0 aliphatic carbocycles. The normalized spacial score (nSPS) is 15.9. The second-order valence-corrected chi connectivity index (χ2v) is 5.77. The maximum absolute atomic E-state index is 12.1. The van der Waals surface area contributed by atoms with E-state index in [0.29, 0.717) is 29.7 Å². The highest BCUT2D eigenvalue weighted by Crippen LogP contribution is 2.28. The van der Waals surface area contributed by atoms with E-state index in [4.69, 9.17) is 9.47 Å².